The summed E-state index contributed by atoms with van der Waals surface area (Å²) in [4.78, 5) is 10.9. The van der Waals surface area contributed by atoms with E-state index in [2.05, 4.69) is 41.8 Å². The van der Waals surface area contributed by atoms with Gasteiger partial charge in [0.05, 0.1) is 29.6 Å². The summed E-state index contributed by atoms with van der Waals surface area (Å²) in [7, 11) is 3.88. The van der Waals surface area contributed by atoms with E-state index in [1.165, 1.54) is 11.9 Å². The summed E-state index contributed by atoms with van der Waals surface area (Å²) in [5.74, 6) is 2.10. The topological polar surface area (TPSA) is 82.1 Å². The van der Waals surface area contributed by atoms with Crippen LogP contribution in [0.2, 0.25) is 0 Å². The first-order chi connectivity index (χ1) is 13.3. The third kappa shape index (κ3) is 2.88. The number of nitrogens with zero attached hydrogens (tertiary/aromatic N) is 5. The molecule has 3 atom stereocenters. The number of allylic oxidation sites excluding steroid dienone is 2. The third-order valence-corrected chi connectivity index (χ3v) is 6.55. The zero-order valence-electron chi connectivity index (χ0n) is 17.0. The second kappa shape index (κ2) is 7.04. The van der Waals surface area contributed by atoms with Gasteiger partial charge < -0.3 is 15.4 Å². The van der Waals surface area contributed by atoms with Crippen LogP contribution in [0.1, 0.15) is 25.6 Å². The molecule has 28 heavy (non-hydrogen) atoms. The number of methoxy groups -OCH3 is 1. The molecule has 0 radical (unpaired) electrons. The van der Waals surface area contributed by atoms with Gasteiger partial charge in [-0.3, -0.25) is 0 Å². The molecule has 8 heteroatoms. The van der Waals surface area contributed by atoms with Gasteiger partial charge in [-0.1, -0.05) is 13.0 Å². The number of nitrogens with two attached hydrogens (primary N) is 1. The number of aromatic nitrogens is 4. The minimum Gasteiger partial charge on any atom is -0.496 e. The summed E-state index contributed by atoms with van der Waals surface area (Å²) in [6.45, 7) is 8.27. The summed E-state index contributed by atoms with van der Waals surface area (Å²) >= 11 is 6.77. The van der Waals surface area contributed by atoms with Crippen LogP contribution >= 0.6 is 11.6 Å². The molecule has 0 aromatic carbocycles. The Morgan fingerprint density at radius 2 is 2.04 bits per heavy atom. The number of hydrogen-bond donors (Lipinski definition) is 1. The second-order valence-corrected chi connectivity index (χ2v) is 8.43. The van der Waals surface area contributed by atoms with E-state index < -0.39 is 0 Å². The molecule has 150 valence electrons. The standard InChI is InChI=1S/C20H27ClN6O/c1-10-15(21)6-14(18(28-5)16(10)13-7-26(4)8-13)12(3)27-20-17(11(2)25-27)19(22)23-9-24-20/h6,9-10,12-13,15H,7-8H2,1-5H3,(H2,22,23,24). The molecule has 2 aromatic heterocycles. The van der Waals surface area contributed by atoms with Gasteiger partial charge in [0.2, 0.25) is 0 Å². The van der Waals surface area contributed by atoms with Crippen molar-refractivity contribution in [3.8, 4) is 0 Å². The average molecular weight is 403 g/mol. The number of alkyl halides is 1. The monoisotopic (exact) mass is 402 g/mol. The van der Waals surface area contributed by atoms with E-state index in [9.17, 15) is 0 Å². The van der Waals surface area contributed by atoms with Gasteiger partial charge in [0.1, 0.15) is 17.9 Å². The fourth-order valence-corrected chi connectivity index (χ4v) is 4.80. The lowest BCUT2D eigenvalue weighted by molar-refractivity contribution is 0.143. The highest BCUT2D eigenvalue weighted by Gasteiger charge is 2.39. The minimum atomic E-state index is -0.0954. The lowest BCUT2D eigenvalue weighted by Gasteiger charge is -2.43. The predicted molar refractivity (Wildman–Crippen MR) is 111 cm³/mol. The maximum Gasteiger partial charge on any atom is 0.164 e. The fourth-order valence-electron chi connectivity index (χ4n) is 4.53. The van der Waals surface area contributed by atoms with Crippen LogP contribution < -0.4 is 5.73 Å². The van der Waals surface area contributed by atoms with Gasteiger partial charge in [-0.15, -0.1) is 11.6 Å². The zero-order valence-corrected chi connectivity index (χ0v) is 17.7. The lowest BCUT2D eigenvalue weighted by Crippen LogP contribution is -2.47. The SMILES string of the molecule is COC1=C(C2CN(C)C2)C(C)C(Cl)C=C1C(C)n1nc(C)c2c(N)ncnc21. The van der Waals surface area contributed by atoms with Crippen molar-refractivity contribution in [1.29, 1.82) is 0 Å². The van der Waals surface area contributed by atoms with E-state index in [4.69, 9.17) is 27.2 Å². The molecule has 3 unspecified atom stereocenters. The highest BCUT2D eigenvalue weighted by atomic mass is 35.5. The Hall–Kier alpha value is -2.12. The van der Waals surface area contributed by atoms with Gasteiger partial charge in [-0.25, -0.2) is 14.6 Å². The average Bonchev–Trinajstić information content (AvgIpc) is 2.98. The molecule has 0 bridgehead atoms. The van der Waals surface area contributed by atoms with Gasteiger partial charge in [0, 0.05) is 30.5 Å². The van der Waals surface area contributed by atoms with Crippen LogP contribution in [0, 0.1) is 18.8 Å². The first-order valence-corrected chi connectivity index (χ1v) is 10.0. The number of aryl methyl sites for hydroxylation is 1. The highest BCUT2D eigenvalue weighted by molar-refractivity contribution is 6.22. The molecule has 2 N–H and O–H groups in total. The molecule has 1 aliphatic heterocycles. The van der Waals surface area contributed by atoms with Crippen LogP contribution in [0.4, 0.5) is 5.82 Å². The Bertz CT molecular complexity index is 974. The van der Waals surface area contributed by atoms with Crippen LogP contribution in [0.5, 0.6) is 0 Å². The number of rotatable bonds is 4. The van der Waals surface area contributed by atoms with Crippen molar-refractivity contribution < 1.29 is 4.74 Å². The molecular weight excluding hydrogens is 376 g/mol. The second-order valence-electron chi connectivity index (χ2n) is 7.93. The van der Waals surface area contributed by atoms with E-state index in [-0.39, 0.29) is 17.3 Å². The summed E-state index contributed by atoms with van der Waals surface area (Å²) in [5, 5.41) is 5.43. The summed E-state index contributed by atoms with van der Waals surface area (Å²) < 4.78 is 7.85. The number of ether oxygens (including phenoxy) is 1. The maximum absolute atomic E-state index is 6.77. The molecule has 0 spiro atoms. The summed E-state index contributed by atoms with van der Waals surface area (Å²) in [5.41, 5.74) is 9.97. The number of halogens is 1. The molecule has 1 aliphatic carbocycles. The number of anilines is 1. The largest absolute Gasteiger partial charge is 0.496 e. The Labute approximate surface area is 170 Å². The number of hydrogen-bond acceptors (Lipinski definition) is 6. The van der Waals surface area contributed by atoms with Crippen molar-refractivity contribution in [2.45, 2.75) is 32.2 Å². The van der Waals surface area contributed by atoms with Gasteiger partial charge in [-0.05, 0) is 26.5 Å². The van der Waals surface area contributed by atoms with Crippen molar-refractivity contribution in [3.05, 3.63) is 35.0 Å². The van der Waals surface area contributed by atoms with Gasteiger partial charge >= 0.3 is 0 Å². The molecular formula is C20H27ClN6O. The molecule has 2 aromatic rings. The van der Waals surface area contributed by atoms with Crippen molar-refractivity contribution in [2.75, 3.05) is 33.0 Å². The smallest absolute Gasteiger partial charge is 0.164 e. The van der Waals surface area contributed by atoms with Crippen LogP contribution in [-0.2, 0) is 4.74 Å². The summed E-state index contributed by atoms with van der Waals surface area (Å²) in [6.07, 6.45) is 3.58. The van der Waals surface area contributed by atoms with E-state index in [0.29, 0.717) is 11.7 Å². The van der Waals surface area contributed by atoms with E-state index in [0.717, 1.165) is 41.1 Å². The van der Waals surface area contributed by atoms with Gasteiger partial charge in [0.25, 0.3) is 0 Å². The first kappa shape index (κ1) is 19.2. The Morgan fingerprint density at radius 3 is 2.68 bits per heavy atom. The molecule has 7 nitrogen and oxygen atoms in total. The minimum absolute atomic E-state index is 0.0834. The van der Waals surface area contributed by atoms with Crippen LogP contribution in [0.15, 0.2) is 29.3 Å². The number of nitrogen functional groups attached to an aromatic ring is 1. The lowest BCUT2D eigenvalue weighted by atomic mass is 9.76. The molecule has 2 aliphatic rings. The molecule has 0 amide bonds. The Kier molecular flexibility index (Phi) is 4.83. The quantitative estimate of drug-likeness (QED) is 0.792. The van der Waals surface area contributed by atoms with Crippen molar-refractivity contribution >= 4 is 28.5 Å². The van der Waals surface area contributed by atoms with Gasteiger partial charge in [-0.2, -0.15) is 5.10 Å². The summed E-state index contributed by atoms with van der Waals surface area (Å²) in [6, 6.07) is -0.0954. The van der Waals surface area contributed by atoms with Crippen LogP contribution in [-0.4, -0.2) is 57.3 Å². The first-order valence-electron chi connectivity index (χ1n) is 9.61. The fraction of sp³-hybridized carbons (Fsp3) is 0.550. The van der Waals surface area contributed by atoms with E-state index >= 15 is 0 Å². The Balaban J connectivity index is 1.81. The van der Waals surface area contributed by atoms with E-state index in [1.54, 1.807) is 7.11 Å². The normalized spacial score (nSPS) is 25.0. The molecule has 0 saturated carbocycles. The van der Waals surface area contributed by atoms with E-state index in [1.807, 2.05) is 11.6 Å². The Morgan fingerprint density at radius 1 is 1.32 bits per heavy atom. The van der Waals surface area contributed by atoms with Crippen molar-refractivity contribution in [1.82, 2.24) is 24.6 Å². The molecule has 1 saturated heterocycles. The third-order valence-electron chi connectivity index (χ3n) is 6.05. The van der Waals surface area contributed by atoms with Crippen LogP contribution in [0.3, 0.4) is 0 Å². The van der Waals surface area contributed by atoms with Crippen LogP contribution in [0.25, 0.3) is 11.0 Å². The maximum atomic E-state index is 6.77. The molecule has 1 fully saturated rings. The molecule has 4 rings (SSSR count). The van der Waals surface area contributed by atoms with Crippen molar-refractivity contribution in [3.63, 3.8) is 0 Å². The zero-order chi connectivity index (χ0) is 20.2. The predicted octanol–water partition coefficient (Wildman–Crippen LogP) is 2.92. The highest BCUT2D eigenvalue weighted by Crippen LogP contribution is 2.43. The van der Waals surface area contributed by atoms with Crippen molar-refractivity contribution in [2.24, 2.45) is 11.8 Å². The molecule has 3 heterocycles. The number of likely N-dealkylation sites (tertiary alicyclic amines) is 1. The number of fused-ring (bicyclic) bond motifs is 1. The van der Waals surface area contributed by atoms with Gasteiger partial charge in [0.15, 0.2) is 5.65 Å².